The third kappa shape index (κ3) is 3.44. The van der Waals surface area contributed by atoms with Crippen LogP contribution in [0.2, 0.25) is 0 Å². The molecule has 1 atom stereocenters. The quantitative estimate of drug-likeness (QED) is 0.907. The zero-order chi connectivity index (χ0) is 17.0. The molecule has 0 aliphatic heterocycles. The van der Waals surface area contributed by atoms with Gasteiger partial charge in [0.25, 0.3) is 5.91 Å². The largest absolute Gasteiger partial charge is 0.348 e. The van der Waals surface area contributed by atoms with Gasteiger partial charge in [-0.3, -0.25) is 4.79 Å². The van der Waals surface area contributed by atoms with Crippen molar-refractivity contribution in [2.45, 2.75) is 12.0 Å². The highest BCUT2D eigenvalue weighted by Crippen LogP contribution is 2.32. The van der Waals surface area contributed by atoms with Gasteiger partial charge in [-0.25, -0.2) is 4.39 Å². The van der Waals surface area contributed by atoms with Crippen molar-refractivity contribution in [3.63, 3.8) is 0 Å². The predicted octanol–water partition coefficient (Wildman–Crippen LogP) is 3.30. The molecule has 3 N–H and O–H groups in total. The van der Waals surface area contributed by atoms with Crippen LogP contribution >= 0.6 is 0 Å². The van der Waals surface area contributed by atoms with Gasteiger partial charge < -0.3 is 11.1 Å². The van der Waals surface area contributed by atoms with Crippen molar-refractivity contribution < 1.29 is 9.18 Å². The van der Waals surface area contributed by atoms with Crippen LogP contribution in [0.4, 0.5) is 4.39 Å². The lowest BCUT2D eigenvalue weighted by Gasteiger charge is -2.30. The van der Waals surface area contributed by atoms with Gasteiger partial charge in [-0.15, -0.1) is 0 Å². The van der Waals surface area contributed by atoms with Crippen LogP contribution in [-0.4, -0.2) is 12.5 Å². The summed E-state index contributed by atoms with van der Waals surface area (Å²) < 4.78 is 14.1. The van der Waals surface area contributed by atoms with Crippen molar-refractivity contribution in [3.8, 4) is 0 Å². The lowest BCUT2D eigenvalue weighted by Crippen LogP contribution is -2.38. The molecule has 0 fully saturated rings. The number of carbonyl (C=O) groups is 1. The number of hydrogen-bond donors (Lipinski definition) is 2. The van der Waals surface area contributed by atoms with Crippen molar-refractivity contribution in [2.24, 2.45) is 5.73 Å². The number of nitrogens with one attached hydrogen (secondary N) is 1. The van der Waals surface area contributed by atoms with Crippen LogP contribution in [0.15, 0.2) is 78.4 Å². The topological polar surface area (TPSA) is 55.1 Å². The van der Waals surface area contributed by atoms with E-state index in [-0.39, 0.29) is 11.7 Å². The molecular formula is C20H19FN2O. The first-order valence-corrected chi connectivity index (χ1v) is 7.83. The average Bonchev–Trinajstić information content (AvgIpc) is 2.61. The van der Waals surface area contributed by atoms with Gasteiger partial charge in [0.15, 0.2) is 0 Å². The summed E-state index contributed by atoms with van der Waals surface area (Å²) >= 11 is 0. The smallest absolute Gasteiger partial charge is 0.251 e. The normalized spacial score (nSPS) is 19.7. The van der Waals surface area contributed by atoms with E-state index in [1.807, 2.05) is 30.4 Å². The van der Waals surface area contributed by atoms with E-state index in [1.54, 1.807) is 36.4 Å². The van der Waals surface area contributed by atoms with E-state index in [1.165, 1.54) is 6.07 Å². The van der Waals surface area contributed by atoms with Crippen molar-refractivity contribution >= 4 is 5.91 Å². The predicted molar refractivity (Wildman–Crippen MR) is 92.9 cm³/mol. The molecule has 1 amide bonds. The van der Waals surface area contributed by atoms with Gasteiger partial charge >= 0.3 is 0 Å². The number of carbonyl (C=O) groups excluding carboxylic acids is 1. The molecule has 0 aromatic heterocycles. The van der Waals surface area contributed by atoms with E-state index < -0.39 is 5.54 Å². The third-order valence-electron chi connectivity index (χ3n) is 4.13. The molecule has 2 aromatic rings. The Bertz CT molecular complexity index is 798. The van der Waals surface area contributed by atoms with Crippen LogP contribution < -0.4 is 11.1 Å². The molecule has 1 unspecified atom stereocenters. The number of rotatable bonds is 4. The molecule has 0 bridgehead atoms. The third-order valence-corrected chi connectivity index (χ3v) is 4.13. The second-order valence-electron chi connectivity index (χ2n) is 5.93. The molecule has 3 nitrogen and oxygen atoms in total. The molecular weight excluding hydrogens is 303 g/mol. The number of allylic oxidation sites excluding steroid dienone is 2. The molecule has 0 radical (unpaired) electrons. The SMILES string of the molecule is NC1(c2ccccc2F)C=CC=C(CNC(=O)c2ccccc2)C1. The summed E-state index contributed by atoms with van der Waals surface area (Å²) in [5.74, 6) is -0.459. The minimum atomic E-state index is -0.896. The molecule has 4 heteroatoms. The van der Waals surface area contributed by atoms with E-state index in [0.717, 1.165) is 5.57 Å². The van der Waals surface area contributed by atoms with Gasteiger partial charge in [0, 0.05) is 17.7 Å². The summed E-state index contributed by atoms with van der Waals surface area (Å²) in [6.07, 6.45) is 5.99. The van der Waals surface area contributed by atoms with Crippen LogP contribution in [0.1, 0.15) is 22.3 Å². The second-order valence-corrected chi connectivity index (χ2v) is 5.93. The van der Waals surface area contributed by atoms with E-state index >= 15 is 0 Å². The summed E-state index contributed by atoms with van der Waals surface area (Å²) in [7, 11) is 0. The van der Waals surface area contributed by atoms with Crippen molar-refractivity contribution in [2.75, 3.05) is 6.54 Å². The Balaban J connectivity index is 1.68. The molecule has 2 aromatic carbocycles. The number of hydrogen-bond acceptors (Lipinski definition) is 2. The molecule has 0 spiro atoms. The number of halogens is 1. The molecule has 122 valence electrons. The highest BCUT2D eigenvalue weighted by molar-refractivity contribution is 5.94. The second kappa shape index (κ2) is 6.81. The zero-order valence-electron chi connectivity index (χ0n) is 13.2. The van der Waals surface area contributed by atoms with Crippen LogP contribution in [0.5, 0.6) is 0 Å². The Labute approximate surface area is 140 Å². The van der Waals surface area contributed by atoms with Gasteiger partial charge in [0.05, 0.1) is 5.54 Å². The van der Waals surface area contributed by atoms with E-state index in [0.29, 0.717) is 24.1 Å². The molecule has 0 heterocycles. The highest BCUT2D eigenvalue weighted by atomic mass is 19.1. The summed E-state index contributed by atoms with van der Waals surface area (Å²) in [6, 6.07) is 15.6. The van der Waals surface area contributed by atoms with Gasteiger partial charge in [0.1, 0.15) is 5.82 Å². The number of amides is 1. The Kier molecular flexibility index (Phi) is 4.58. The van der Waals surface area contributed by atoms with Gasteiger partial charge in [0.2, 0.25) is 0 Å². The van der Waals surface area contributed by atoms with Crippen LogP contribution in [-0.2, 0) is 5.54 Å². The molecule has 1 aliphatic rings. The Morgan fingerprint density at radius 3 is 2.58 bits per heavy atom. The minimum absolute atomic E-state index is 0.139. The van der Waals surface area contributed by atoms with Gasteiger partial charge in [-0.2, -0.15) is 0 Å². The average molecular weight is 322 g/mol. The summed E-state index contributed by atoms with van der Waals surface area (Å²) in [4.78, 5) is 12.1. The maximum atomic E-state index is 14.1. The Morgan fingerprint density at radius 1 is 1.12 bits per heavy atom. The fourth-order valence-electron chi connectivity index (χ4n) is 2.88. The van der Waals surface area contributed by atoms with Gasteiger partial charge in [-0.05, 0) is 30.2 Å². The van der Waals surface area contributed by atoms with Crippen molar-refractivity contribution in [1.82, 2.24) is 5.32 Å². The standard InChI is InChI=1S/C20H19FN2O/c21-18-11-5-4-10-17(18)20(22)12-6-7-15(13-20)14-23-19(24)16-8-2-1-3-9-16/h1-12H,13-14,22H2,(H,23,24). The van der Waals surface area contributed by atoms with Crippen molar-refractivity contribution in [3.05, 3.63) is 95.3 Å². The lowest BCUT2D eigenvalue weighted by atomic mass is 9.81. The van der Waals surface area contributed by atoms with E-state index in [9.17, 15) is 9.18 Å². The molecule has 0 saturated heterocycles. The first kappa shape index (κ1) is 16.1. The lowest BCUT2D eigenvalue weighted by molar-refractivity contribution is 0.0956. The number of benzene rings is 2. The maximum Gasteiger partial charge on any atom is 0.251 e. The summed E-state index contributed by atoms with van der Waals surface area (Å²) in [5, 5.41) is 2.88. The first-order chi connectivity index (χ1) is 11.6. The summed E-state index contributed by atoms with van der Waals surface area (Å²) in [5.41, 5.74) is 7.53. The monoisotopic (exact) mass is 322 g/mol. The molecule has 3 rings (SSSR count). The minimum Gasteiger partial charge on any atom is -0.348 e. The number of nitrogens with two attached hydrogens (primary N) is 1. The molecule has 1 aliphatic carbocycles. The first-order valence-electron chi connectivity index (χ1n) is 7.83. The fraction of sp³-hybridized carbons (Fsp3) is 0.150. The maximum absolute atomic E-state index is 14.1. The molecule has 24 heavy (non-hydrogen) atoms. The zero-order valence-corrected chi connectivity index (χ0v) is 13.2. The van der Waals surface area contributed by atoms with Crippen LogP contribution in [0, 0.1) is 5.82 Å². The molecule has 0 saturated carbocycles. The fourth-order valence-corrected chi connectivity index (χ4v) is 2.88. The van der Waals surface area contributed by atoms with Crippen molar-refractivity contribution in [1.29, 1.82) is 0 Å². The van der Waals surface area contributed by atoms with Gasteiger partial charge in [-0.1, -0.05) is 54.6 Å². The summed E-state index contributed by atoms with van der Waals surface area (Å²) in [6.45, 7) is 0.380. The Hall–Kier alpha value is -2.72. The van der Waals surface area contributed by atoms with Crippen LogP contribution in [0.25, 0.3) is 0 Å². The Morgan fingerprint density at radius 2 is 1.83 bits per heavy atom. The van der Waals surface area contributed by atoms with E-state index in [4.69, 9.17) is 5.73 Å². The van der Waals surface area contributed by atoms with E-state index in [2.05, 4.69) is 5.32 Å². The highest BCUT2D eigenvalue weighted by Gasteiger charge is 2.30. The van der Waals surface area contributed by atoms with Crippen LogP contribution in [0.3, 0.4) is 0 Å².